The van der Waals surface area contributed by atoms with Crippen LogP contribution < -0.4 is 5.32 Å². The van der Waals surface area contributed by atoms with Crippen LogP contribution in [-0.2, 0) is 14.4 Å². The Hall–Kier alpha value is -2.14. The highest BCUT2D eigenvalue weighted by molar-refractivity contribution is 6.30. The minimum absolute atomic E-state index is 0.175. The largest absolute Gasteiger partial charge is 0.325 e. The number of nitrogens with one attached hydrogen (secondary N) is 1. The quantitative estimate of drug-likeness (QED) is 0.667. The second-order valence-corrected chi connectivity index (χ2v) is 7.91. The van der Waals surface area contributed by atoms with Crippen molar-refractivity contribution < 1.29 is 14.4 Å². The minimum atomic E-state index is -0.367. The molecule has 1 N–H and O–H groups in total. The molecule has 0 spiro atoms. The van der Waals surface area contributed by atoms with Gasteiger partial charge in [-0.2, -0.15) is 0 Å². The van der Waals surface area contributed by atoms with Gasteiger partial charge in [-0.15, -0.1) is 0 Å². The number of imide groups is 1. The standard InChI is InChI=1S/C19H17ClN2O3/c20-9-1-3-10(4-2-9)21-15(23)8-22-18(24)16-11-5-6-12(14-7-13(11)14)17(16)19(22)25/h1-6,11-14,16-17H,7-8H2,(H,21,23)/t11-,12-,13-,14-,16+,17+/m0/s1. The molecule has 1 aromatic rings. The molecule has 6 rings (SSSR count). The molecule has 2 bridgehead atoms. The van der Waals surface area contributed by atoms with Gasteiger partial charge >= 0.3 is 0 Å². The second kappa shape index (κ2) is 5.18. The molecule has 3 amide bonds. The Labute approximate surface area is 150 Å². The van der Waals surface area contributed by atoms with E-state index in [2.05, 4.69) is 17.5 Å². The average molecular weight is 357 g/mol. The van der Waals surface area contributed by atoms with Crippen molar-refractivity contribution in [3.8, 4) is 0 Å². The number of rotatable bonds is 3. The van der Waals surface area contributed by atoms with Gasteiger partial charge in [-0.25, -0.2) is 0 Å². The predicted octanol–water partition coefficient (Wildman–Crippen LogP) is 2.33. The van der Waals surface area contributed by atoms with Crippen molar-refractivity contribution in [2.45, 2.75) is 6.42 Å². The number of likely N-dealkylation sites (tertiary alicyclic amines) is 1. The van der Waals surface area contributed by atoms with E-state index >= 15 is 0 Å². The van der Waals surface area contributed by atoms with E-state index in [0.717, 1.165) is 6.42 Å². The van der Waals surface area contributed by atoms with E-state index in [0.29, 0.717) is 22.5 Å². The molecular formula is C19H17ClN2O3. The number of carbonyl (C=O) groups is 3. The Balaban J connectivity index is 1.32. The molecule has 0 radical (unpaired) electrons. The van der Waals surface area contributed by atoms with Gasteiger partial charge in [-0.1, -0.05) is 23.8 Å². The van der Waals surface area contributed by atoms with E-state index < -0.39 is 0 Å². The molecule has 1 saturated heterocycles. The van der Waals surface area contributed by atoms with Crippen LogP contribution in [0.25, 0.3) is 0 Å². The van der Waals surface area contributed by atoms with Crippen LogP contribution in [0, 0.1) is 35.5 Å². The molecule has 4 aliphatic carbocycles. The molecule has 25 heavy (non-hydrogen) atoms. The van der Waals surface area contributed by atoms with Gasteiger partial charge in [-0.05, 0) is 54.4 Å². The van der Waals surface area contributed by atoms with E-state index in [1.54, 1.807) is 24.3 Å². The van der Waals surface area contributed by atoms with Gasteiger partial charge in [0.1, 0.15) is 6.54 Å². The molecule has 1 aliphatic heterocycles. The summed E-state index contributed by atoms with van der Waals surface area (Å²) in [6.45, 7) is -0.220. The Morgan fingerprint density at radius 2 is 1.60 bits per heavy atom. The summed E-state index contributed by atoms with van der Waals surface area (Å²) in [5.41, 5.74) is 0.592. The molecule has 6 atom stereocenters. The van der Waals surface area contributed by atoms with Crippen LogP contribution in [0.1, 0.15) is 6.42 Å². The van der Waals surface area contributed by atoms with Gasteiger partial charge in [0, 0.05) is 10.7 Å². The van der Waals surface area contributed by atoms with Gasteiger partial charge in [-0.3, -0.25) is 19.3 Å². The topological polar surface area (TPSA) is 66.5 Å². The lowest BCUT2D eigenvalue weighted by molar-refractivity contribution is -0.142. The zero-order chi connectivity index (χ0) is 17.3. The summed E-state index contributed by atoms with van der Waals surface area (Å²) in [5, 5.41) is 3.29. The first-order chi connectivity index (χ1) is 12.0. The second-order valence-electron chi connectivity index (χ2n) is 7.47. The zero-order valence-corrected chi connectivity index (χ0v) is 14.1. The summed E-state index contributed by atoms with van der Waals surface area (Å²) in [5.74, 6) is 0.266. The third-order valence-electron chi connectivity index (χ3n) is 6.18. The fraction of sp³-hybridized carbons (Fsp3) is 0.421. The van der Waals surface area contributed by atoms with Crippen LogP contribution in [0.4, 0.5) is 5.69 Å². The monoisotopic (exact) mass is 356 g/mol. The molecule has 0 aromatic heterocycles. The van der Waals surface area contributed by atoms with Crippen LogP contribution >= 0.6 is 11.6 Å². The summed E-state index contributed by atoms with van der Waals surface area (Å²) in [7, 11) is 0. The van der Waals surface area contributed by atoms with Crippen molar-refractivity contribution in [3.05, 3.63) is 41.4 Å². The van der Waals surface area contributed by atoms with Crippen LogP contribution in [-0.4, -0.2) is 29.2 Å². The smallest absolute Gasteiger partial charge is 0.244 e. The predicted molar refractivity (Wildman–Crippen MR) is 91.5 cm³/mol. The molecule has 5 nitrogen and oxygen atoms in total. The lowest BCUT2D eigenvalue weighted by atomic mass is 9.63. The Bertz CT molecular complexity index is 782. The van der Waals surface area contributed by atoms with Crippen molar-refractivity contribution in [3.63, 3.8) is 0 Å². The minimum Gasteiger partial charge on any atom is -0.325 e. The zero-order valence-electron chi connectivity index (χ0n) is 13.4. The molecule has 5 aliphatic rings. The van der Waals surface area contributed by atoms with E-state index in [9.17, 15) is 14.4 Å². The normalized spacial score (nSPS) is 37.1. The average Bonchev–Trinajstić information content (AvgIpc) is 3.38. The van der Waals surface area contributed by atoms with Crippen molar-refractivity contribution in [1.82, 2.24) is 4.90 Å². The number of hydrogen-bond acceptors (Lipinski definition) is 3. The van der Waals surface area contributed by atoms with Gasteiger partial charge < -0.3 is 5.32 Å². The highest BCUT2D eigenvalue weighted by Gasteiger charge is 2.67. The number of carbonyl (C=O) groups excluding carboxylic acids is 3. The van der Waals surface area contributed by atoms with Gasteiger partial charge in [0.05, 0.1) is 11.8 Å². The van der Waals surface area contributed by atoms with Crippen LogP contribution in [0.2, 0.25) is 5.02 Å². The lowest BCUT2D eigenvalue weighted by Crippen LogP contribution is -2.40. The summed E-state index contributed by atoms with van der Waals surface area (Å²) < 4.78 is 0. The van der Waals surface area contributed by atoms with Crippen molar-refractivity contribution in [2.75, 3.05) is 11.9 Å². The Kier molecular flexibility index (Phi) is 3.14. The number of allylic oxidation sites excluding steroid dienone is 2. The summed E-state index contributed by atoms with van der Waals surface area (Å²) in [4.78, 5) is 39.1. The Morgan fingerprint density at radius 1 is 1.04 bits per heavy atom. The van der Waals surface area contributed by atoms with Crippen LogP contribution in [0.15, 0.2) is 36.4 Å². The first-order valence-electron chi connectivity index (χ1n) is 8.63. The van der Waals surface area contributed by atoms with E-state index in [4.69, 9.17) is 11.6 Å². The number of nitrogens with zero attached hydrogens (tertiary/aromatic N) is 1. The third kappa shape index (κ3) is 2.18. The highest BCUT2D eigenvalue weighted by atomic mass is 35.5. The maximum absolute atomic E-state index is 12.8. The van der Waals surface area contributed by atoms with Gasteiger partial charge in [0.2, 0.25) is 17.7 Å². The maximum atomic E-state index is 12.8. The molecule has 2 saturated carbocycles. The van der Waals surface area contributed by atoms with Crippen molar-refractivity contribution in [1.29, 1.82) is 0 Å². The molecule has 128 valence electrons. The van der Waals surface area contributed by atoms with Crippen molar-refractivity contribution in [2.24, 2.45) is 35.5 Å². The third-order valence-corrected chi connectivity index (χ3v) is 6.44. The van der Waals surface area contributed by atoms with Crippen molar-refractivity contribution >= 4 is 35.0 Å². The number of hydrogen-bond donors (Lipinski definition) is 1. The molecule has 0 unspecified atom stereocenters. The number of halogens is 1. The highest BCUT2D eigenvalue weighted by Crippen LogP contribution is 2.65. The molecule has 1 aromatic carbocycles. The number of anilines is 1. The van der Waals surface area contributed by atoms with Gasteiger partial charge in [0.25, 0.3) is 0 Å². The van der Waals surface area contributed by atoms with E-state index in [1.165, 1.54) is 4.90 Å². The van der Waals surface area contributed by atoms with Crippen LogP contribution in [0.5, 0.6) is 0 Å². The molecule has 1 heterocycles. The number of benzene rings is 1. The SMILES string of the molecule is O=C(CN1C(=O)[C@@H]2[C@H]3C=C[C@@H]([C@@H]4C[C@@H]34)[C@H]2C1=O)Nc1ccc(Cl)cc1. The number of amides is 3. The first-order valence-corrected chi connectivity index (χ1v) is 9.01. The fourth-order valence-corrected chi connectivity index (χ4v) is 5.18. The molecule has 6 heteroatoms. The lowest BCUT2D eigenvalue weighted by Gasteiger charge is -2.37. The van der Waals surface area contributed by atoms with E-state index in [1.807, 2.05) is 0 Å². The molecule has 3 fully saturated rings. The van der Waals surface area contributed by atoms with E-state index in [-0.39, 0.29) is 47.9 Å². The fourth-order valence-electron chi connectivity index (χ4n) is 5.05. The maximum Gasteiger partial charge on any atom is 0.244 e. The van der Waals surface area contributed by atoms with Gasteiger partial charge in [0.15, 0.2) is 0 Å². The Morgan fingerprint density at radius 3 is 2.16 bits per heavy atom. The van der Waals surface area contributed by atoms with Crippen LogP contribution in [0.3, 0.4) is 0 Å². The molecular weight excluding hydrogens is 340 g/mol. The first kappa shape index (κ1) is 15.1. The summed E-state index contributed by atoms with van der Waals surface area (Å²) in [6, 6.07) is 6.72. The summed E-state index contributed by atoms with van der Waals surface area (Å²) >= 11 is 5.83. The summed E-state index contributed by atoms with van der Waals surface area (Å²) in [6.07, 6.45) is 5.39.